The van der Waals surface area contributed by atoms with Crippen molar-refractivity contribution in [1.82, 2.24) is 20.2 Å². The van der Waals surface area contributed by atoms with Gasteiger partial charge in [0.05, 0.1) is 5.71 Å². The number of thiophene rings is 1. The van der Waals surface area contributed by atoms with Crippen LogP contribution < -0.4 is 5.48 Å². The van der Waals surface area contributed by atoms with E-state index in [1.54, 1.807) is 11.3 Å². The molecule has 0 saturated heterocycles. The van der Waals surface area contributed by atoms with Gasteiger partial charge in [-0.3, -0.25) is 9.56 Å². The van der Waals surface area contributed by atoms with E-state index in [4.69, 9.17) is 21.8 Å². The molecule has 3 heterocycles. The lowest BCUT2D eigenvalue weighted by Gasteiger charge is -2.12. The molecule has 140 valence electrons. The summed E-state index contributed by atoms with van der Waals surface area (Å²) in [5, 5.41) is 19.6. The highest BCUT2D eigenvalue weighted by Crippen LogP contribution is 2.39. The molecule has 0 bridgehead atoms. The maximum absolute atomic E-state index is 9.09. The van der Waals surface area contributed by atoms with Crippen molar-refractivity contribution < 1.29 is 5.21 Å². The monoisotopic (exact) mass is 401 g/mol. The molecular formula is C19H20ClN5OS. The highest BCUT2D eigenvalue weighted by Gasteiger charge is 2.30. The van der Waals surface area contributed by atoms with Gasteiger partial charge in [-0.15, -0.1) is 21.5 Å². The Bertz CT molecular complexity index is 1020. The summed E-state index contributed by atoms with van der Waals surface area (Å²) in [4.78, 5) is 6.34. The Morgan fingerprint density at radius 2 is 1.93 bits per heavy atom. The largest absolute Gasteiger partial charge is 0.317 e. The number of hydroxylamine groups is 1. The number of aromatic nitrogens is 3. The number of halogens is 1. The first-order valence-electron chi connectivity index (χ1n) is 8.74. The van der Waals surface area contributed by atoms with E-state index in [1.807, 2.05) is 31.2 Å². The van der Waals surface area contributed by atoms with Crippen LogP contribution in [0.1, 0.15) is 45.7 Å². The maximum Gasteiger partial charge on any atom is 0.163 e. The third-order valence-corrected chi connectivity index (χ3v) is 6.33. The first-order valence-corrected chi connectivity index (χ1v) is 9.94. The summed E-state index contributed by atoms with van der Waals surface area (Å²) in [6, 6.07) is 7.55. The van der Waals surface area contributed by atoms with Crippen molar-refractivity contribution in [2.24, 2.45) is 4.99 Å². The summed E-state index contributed by atoms with van der Waals surface area (Å²) in [5.74, 6) is 1.64. The minimum absolute atomic E-state index is 0.212. The zero-order valence-corrected chi connectivity index (χ0v) is 16.9. The van der Waals surface area contributed by atoms with Gasteiger partial charge in [-0.1, -0.05) is 23.7 Å². The predicted octanol–water partition coefficient (Wildman–Crippen LogP) is 4.17. The molecule has 8 heteroatoms. The van der Waals surface area contributed by atoms with E-state index < -0.39 is 0 Å². The van der Waals surface area contributed by atoms with Crippen LogP contribution in [0, 0.1) is 20.8 Å². The van der Waals surface area contributed by atoms with Crippen LogP contribution in [0.4, 0.5) is 0 Å². The Kier molecular flexibility index (Phi) is 4.86. The number of aryl methyl sites for hydroxylation is 2. The molecule has 3 aromatic rings. The molecular weight excluding hydrogens is 382 g/mol. The average molecular weight is 402 g/mol. The lowest BCUT2D eigenvalue weighted by molar-refractivity contribution is 0.163. The molecule has 2 aromatic heterocycles. The van der Waals surface area contributed by atoms with Gasteiger partial charge in [-0.2, -0.15) is 0 Å². The first kappa shape index (κ1) is 18.3. The molecule has 0 aliphatic carbocycles. The van der Waals surface area contributed by atoms with Gasteiger partial charge in [0.1, 0.15) is 16.9 Å². The molecule has 2 N–H and O–H groups in total. The second-order valence-corrected chi connectivity index (χ2v) is 8.24. The molecule has 0 unspecified atom stereocenters. The first-order chi connectivity index (χ1) is 13.0. The summed E-state index contributed by atoms with van der Waals surface area (Å²) >= 11 is 7.83. The molecule has 0 saturated carbocycles. The van der Waals surface area contributed by atoms with Gasteiger partial charge in [0.15, 0.2) is 5.82 Å². The molecule has 1 aliphatic heterocycles. The van der Waals surface area contributed by atoms with Crippen LogP contribution in [0.25, 0.3) is 5.00 Å². The molecule has 4 rings (SSSR count). The van der Waals surface area contributed by atoms with Crippen molar-refractivity contribution >= 4 is 28.6 Å². The van der Waals surface area contributed by atoms with Crippen molar-refractivity contribution in [1.29, 1.82) is 0 Å². The van der Waals surface area contributed by atoms with E-state index in [-0.39, 0.29) is 6.04 Å². The molecule has 0 spiro atoms. The Morgan fingerprint density at radius 3 is 2.63 bits per heavy atom. The van der Waals surface area contributed by atoms with E-state index in [0.717, 1.165) is 33.5 Å². The number of nitrogens with one attached hydrogen (secondary N) is 1. The highest BCUT2D eigenvalue weighted by molar-refractivity contribution is 7.15. The second-order valence-electron chi connectivity index (χ2n) is 6.60. The zero-order valence-electron chi connectivity index (χ0n) is 15.3. The Balaban J connectivity index is 1.99. The Hall–Kier alpha value is -2.06. The normalized spacial score (nSPS) is 15.9. The van der Waals surface area contributed by atoms with E-state index in [2.05, 4.69) is 34.1 Å². The fraction of sp³-hybridized carbons (Fsp3) is 0.316. The van der Waals surface area contributed by atoms with Gasteiger partial charge in [0, 0.05) is 27.6 Å². The maximum atomic E-state index is 9.09. The zero-order chi connectivity index (χ0) is 19.1. The molecule has 1 aliphatic rings. The molecule has 6 nitrogen and oxygen atoms in total. The van der Waals surface area contributed by atoms with Crippen molar-refractivity contribution in [3.8, 4) is 5.00 Å². The molecule has 1 aromatic carbocycles. The van der Waals surface area contributed by atoms with Crippen LogP contribution in [0.15, 0.2) is 29.3 Å². The molecule has 0 radical (unpaired) electrons. The van der Waals surface area contributed by atoms with Crippen LogP contribution in [0.2, 0.25) is 5.02 Å². The fourth-order valence-corrected chi connectivity index (χ4v) is 4.73. The lowest BCUT2D eigenvalue weighted by atomic mass is 9.99. The van der Waals surface area contributed by atoms with E-state index in [9.17, 15) is 0 Å². The minimum Gasteiger partial charge on any atom is -0.317 e. The smallest absolute Gasteiger partial charge is 0.163 e. The molecule has 1 atom stereocenters. The van der Waals surface area contributed by atoms with Crippen LogP contribution in [-0.4, -0.2) is 32.2 Å². The SMILES string of the molecule is Cc1sc2c(c1C)C(c1ccc(Cl)cc1)=N[C@@H](CCNO)c1nnc(C)n1-2. The molecule has 0 fully saturated rings. The summed E-state index contributed by atoms with van der Waals surface area (Å²) in [6.45, 7) is 6.63. The average Bonchev–Trinajstić information content (AvgIpc) is 3.12. The van der Waals surface area contributed by atoms with Crippen molar-refractivity contribution in [2.45, 2.75) is 33.2 Å². The second kappa shape index (κ2) is 7.16. The van der Waals surface area contributed by atoms with Crippen LogP contribution in [-0.2, 0) is 0 Å². The van der Waals surface area contributed by atoms with Crippen molar-refractivity contribution in [2.75, 3.05) is 6.54 Å². The third kappa shape index (κ3) is 3.10. The van der Waals surface area contributed by atoms with Gasteiger partial charge in [0.25, 0.3) is 0 Å². The van der Waals surface area contributed by atoms with Gasteiger partial charge in [0.2, 0.25) is 0 Å². The molecule has 27 heavy (non-hydrogen) atoms. The summed E-state index contributed by atoms with van der Waals surface area (Å²) in [5.41, 5.74) is 6.50. The summed E-state index contributed by atoms with van der Waals surface area (Å²) in [6.07, 6.45) is 0.610. The Labute approximate surface area is 166 Å². The number of benzene rings is 1. The van der Waals surface area contributed by atoms with Gasteiger partial charge in [-0.25, -0.2) is 5.48 Å². The van der Waals surface area contributed by atoms with E-state index in [1.165, 1.54) is 10.4 Å². The van der Waals surface area contributed by atoms with E-state index >= 15 is 0 Å². The lowest BCUT2D eigenvalue weighted by Crippen LogP contribution is -2.14. The number of aliphatic imine (C=N–C) groups is 1. The number of rotatable bonds is 4. The van der Waals surface area contributed by atoms with Crippen LogP contribution >= 0.6 is 22.9 Å². The Morgan fingerprint density at radius 1 is 1.19 bits per heavy atom. The summed E-state index contributed by atoms with van der Waals surface area (Å²) < 4.78 is 2.11. The minimum atomic E-state index is -0.212. The fourth-order valence-electron chi connectivity index (χ4n) is 3.39. The van der Waals surface area contributed by atoms with Crippen molar-refractivity contribution in [3.05, 3.63) is 62.5 Å². The number of hydrogen-bond acceptors (Lipinski definition) is 6. The number of fused-ring (bicyclic) bond motifs is 3. The van der Waals surface area contributed by atoms with Gasteiger partial charge in [-0.05, 0) is 44.9 Å². The van der Waals surface area contributed by atoms with Gasteiger partial charge >= 0.3 is 0 Å². The van der Waals surface area contributed by atoms with Crippen LogP contribution in [0.3, 0.4) is 0 Å². The number of hydrogen-bond donors (Lipinski definition) is 2. The van der Waals surface area contributed by atoms with Crippen LogP contribution in [0.5, 0.6) is 0 Å². The quantitative estimate of drug-likeness (QED) is 0.643. The highest BCUT2D eigenvalue weighted by atomic mass is 35.5. The standard InChI is InChI=1S/C19H20ClN5OS/c1-10-11(2)27-19-16(10)17(13-4-6-14(20)7-5-13)22-15(8-9-21-26)18-24-23-12(3)25(18)19/h4-7,15,21,26H,8-9H2,1-3H3/t15-/m0/s1. The predicted molar refractivity (Wildman–Crippen MR) is 108 cm³/mol. The van der Waals surface area contributed by atoms with Gasteiger partial charge < -0.3 is 5.21 Å². The third-order valence-electron chi connectivity index (χ3n) is 4.89. The van der Waals surface area contributed by atoms with E-state index in [0.29, 0.717) is 18.0 Å². The van der Waals surface area contributed by atoms with Crippen molar-refractivity contribution in [3.63, 3.8) is 0 Å². The molecule has 0 amide bonds. The number of nitrogens with zero attached hydrogens (tertiary/aromatic N) is 4. The summed E-state index contributed by atoms with van der Waals surface area (Å²) in [7, 11) is 0. The topological polar surface area (TPSA) is 75.3 Å².